The predicted octanol–water partition coefficient (Wildman–Crippen LogP) is 2.81. The van der Waals surface area contributed by atoms with Crippen LogP contribution < -0.4 is 5.32 Å². The van der Waals surface area contributed by atoms with E-state index in [4.69, 9.17) is 11.6 Å². The Labute approximate surface area is 135 Å². The van der Waals surface area contributed by atoms with Gasteiger partial charge in [0.05, 0.1) is 5.75 Å². The Balaban J connectivity index is 1.96. The number of carbonyl (C=O) groups is 1. The SMILES string of the molecule is CS(=O)(=O)Cc1ccc(C(=O)NCc2ccc(Cl)cc2)cc1. The first-order valence-corrected chi connectivity index (χ1v) is 9.07. The molecule has 116 valence electrons. The lowest BCUT2D eigenvalue weighted by Crippen LogP contribution is -2.22. The van der Waals surface area contributed by atoms with Crippen molar-refractivity contribution in [3.63, 3.8) is 0 Å². The van der Waals surface area contributed by atoms with Gasteiger partial charge in [0.1, 0.15) is 0 Å². The number of carbonyl (C=O) groups excluding carboxylic acids is 1. The number of sulfone groups is 1. The molecule has 4 nitrogen and oxygen atoms in total. The smallest absolute Gasteiger partial charge is 0.251 e. The number of amides is 1. The molecule has 0 fully saturated rings. The van der Waals surface area contributed by atoms with E-state index in [0.717, 1.165) is 5.56 Å². The molecular weight excluding hydrogens is 322 g/mol. The van der Waals surface area contributed by atoms with Gasteiger partial charge in [-0.25, -0.2) is 8.42 Å². The van der Waals surface area contributed by atoms with Crippen LogP contribution in [-0.2, 0) is 22.1 Å². The highest BCUT2D eigenvalue weighted by Gasteiger charge is 2.08. The van der Waals surface area contributed by atoms with E-state index in [1.807, 2.05) is 12.1 Å². The molecule has 0 aliphatic heterocycles. The van der Waals surface area contributed by atoms with Crippen molar-refractivity contribution in [2.75, 3.05) is 6.26 Å². The lowest BCUT2D eigenvalue weighted by molar-refractivity contribution is 0.0951. The molecule has 1 N–H and O–H groups in total. The third-order valence-corrected chi connectivity index (χ3v) is 4.12. The molecule has 0 heterocycles. The van der Waals surface area contributed by atoms with E-state index < -0.39 is 9.84 Å². The molecule has 0 spiro atoms. The number of benzene rings is 2. The second-order valence-electron chi connectivity index (χ2n) is 5.08. The zero-order valence-corrected chi connectivity index (χ0v) is 13.6. The van der Waals surface area contributed by atoms with E-state index in [0.29, 0.717) is 22.7 Å². The number of rotatable bonds is 5. The van der Waals surface area contributed by atoms with Gasteiger partial charge >= 0.3 is 0 Å². The minimum absolute atomic E-state index is 0.0281. The van der Waals surface area contributed by atoms with Crippen LogP contribution in [0.15, 0.2) is 48.5 Å². The minimum atomic E-state index is -3.07. The maximum Gasteiger partial charge on any atom is 0.251 e. The van der Waals surface area contributed by atoms with Crippen LogP contribution in [0.3, 0.4) is 0 Å². The molecule has 0 aliphatic carbocycles. The maximum absolute atomic E-state index is 12.0. The Morgan fingerprint density at radius 1 is 1.00 bits per heavy atom. The number of hydrogen-bond donors (Lipinski definition) is 1. The molecular formula is C16H16ClNO3S. The molecule has 1 amide bonds. The molecule has 2 aromatic carbocycles. The topological polar surface area (TPSA) is 63.2 Å². The normalized spacial score (nSPS) is 11.2. The van der Waals surface area contributed by atoms with E-state index in [9.17, 15) is 13.2 Å². The van der Waals surface area contributed by atoms with Crippen LogP contribution in [0.4, 0.5) is 0 Å². The highest BCUT2D eigenvalue weighted by molar-refractivity contribution is 7.89. The van der Waals surface area contributed by atoms with Crippen molar-refractivity contribution >= 4 is 27.3 Å². The van der Waals surface area contributed by atoms with E-state index in [1.165, 1.54) is 6.26 Å². The summed E-state index contributed by atoms with van der Waals surface area (Å²) in [5.41, 5.74) is 2.11. The molecule has 0 saturated carbocycles. The molecule has 22 heavy (non-hydrogen) atoms. The summed E-state index contributed by atoms with van der Waals surface area (Å²) in [4.78, 5) is 12.0. The number of nitrogens with one attached hydrogen (secondary N) is 1. The van der Waals surface area contributed by atoms with Gasteiger partial charge in [-0.15, -0.1) is 0 Å². The van der Waals surface area contributed by atoms with Crippen molar-refractivity contribution in [3.8, 4) is 0 Å². The van der Waals surface area contributed by atoms with Crippen molar-refractivity contribution in [1.29, 1.82) is 0 Å². The number of hydrogen-bond acceptors (Lipinski definition) is 3. The quantitative estimate of drug-likeness (QED) is 0.912. The van der Waals surface area contributed by atoms with Gasteiger partial charge < -0.3 is 5.32 Å². The Kier molecular flexibility index (Phi) is 5.21. The zero-order valence-electron chi connectivity index (χ0n) is 12.0. The lowest BCUT2D eigenvalue weighted by atomic mass is 10.1. The summed E-state index contributed by atoms with van der Waals surface area (Å²) in [6.07, 6.45) is 1.18. The average molecular weight is 338 g/mol. The molecule has 6 heteroatoms. The molecule has 0 aliphatic rings. The largest absolute Gasteiger partial charge is 0.348 e. The molecule has 0 bridgehead atoms. The Bertz CT molecular complexity index is 753. The summed E-state index contributed by atoms with van der Waals surface area (Å²) in [6.45, 7) is 0.404. The fraction of sp³-hybridized carbons (Fsp3) is 0.188. The van der Waals surface area contributed by atoms with Crippen molar-refractivity contribution in [3.05, 3.63) is 70.2 Å². The fourth-order valence-corrected chi connectivity index (χ4v) is 2.87. The molecule has 0 aromatic heterocycles. The summed E-state index contributed by atoms with van der Waals surface area (Å²) in [7, 11) is -3.07. The van der Waals surface area contributed by atoms with Crippen LogP contribution in [0, 0.1) is 0 Å². The third-order valence-electron chi connectivity index (χ3n) is 3.01. The van der Waals surface area contributed by atoms with E-state index in [1.54, 1.807) is 36.4 Å². The van der Waals surface area contributed by atoms with Gasteiger partial charge in [-0.05, 0) is 35.4 Å². The van der Waals surface area contributed by atoms with E-state index >= 15 is 0 Å². The van der Waals surface area contributed by atoms with Gasteiger partial charge in [0.15, 0.2) is 9.84 Å². The summed E-state index contributed by atoms with van der Waals surface area (Å²) in [5, 5.41) is 3.45. The predicted molar refractivity (Wildman–Crippen MR) is 87.6 cm³/mol. The van der Waals surface area contributed by atoms with Crippen molar-refractivity contribution in [2.45, 2.75) is 12.3 Å². The third kappa shape index (κ3) is 5.16. The van der Waals surface area contributed by atoms with Gasteiger partial charge in [-0.1, -0.05) is 35.9 Å². The van der Waals surface area contributed by atoms with Crippen LogP contribution in [0.25, 0.3) is 0 Å². The Morgan fingerprint density at radius 2 is 1.55 bits per heavy atom. The number of halogens is 1. The fourth-order valence-electron chi connectivity index (χ4n) is 1.94. The lowest BCUT2D eigenvalue weighted by Gasteiger charge is -2.06. The first-order valence-electron chi connectivity index (χ1n) is 6.63. The van der Waals surface area contributed by atoms with Crippen LogP contribution in [-0.4, -0.2) is 20.6 Å². The highest BCUT2D eigenvalue weighted by Crippen LogP contribution is 2.10. The van der Waals surface area contributed by atoms with Crippen molar-refractivity contribution in [2.24, 2.45) is 0 Å². The second kappa shape index (κ2) is 6.94. The van der Waals surface area contributed by atoms with Gasteiger partial charge in [-0.2, -0.15) is 0 Å². The van der Waals surface area contributed by atoms with Gasteiger partial charge in [0, 0.05) is 23.4 Å². The van der Waals surface area contributed by atoms with Gasteiger partial charge in [0.25, 0.3) is 5.91 Å². The summed E-state index contributed by atoms with van der Waals surface area (Å²) >= 11 is 5.80. The molecule has 2 aromatic rings. The maximum atomic E-state index is 12.0. The van der Waals surface area contributed by atoms with Gasteiger partial charge in [0.2, 0.25) is 0 Å². The second-order valence-corrected chi connectivity index (χ2v) is 7.65. The monoisotopic (exact) mass is 337 g/mol. The summed E-state index contributed by atoms with van der Waals surface area (Å²) < 4.78 is 22.4. The van der Waals surface area contributed by atoms with E-state index in [2.05, 4.69) is 5.32 Å². The standard InChI is InChI=1S/C16H16ClNO3S/c1-22(20,21)11-13-2-6-14(7-3-13)16(19)18-10-12-4-8-15(17)9-5-12/h2-9H,10-11H2,1H3,(H,18,19). The first-order chi connectivity index (χ1) is 10.3. The minimum Gasteiger partial charge on any atom is -0.348 e. The van der Waals surface area contributed by atoms with Crippen molar-refractivity contribution in [1.82, 2.24) is 5.32 Å². The van der Waals surface area contributed by atoms with Crippen LogP contribution >= 0.6 is 11.6 Å². The Hall–Kier alpha value is -1.85. The van der Waals surface area contributed by atoms with E-state index in [-0.39, 0.29) is 11.7 Å². The summed E-state index contributed by atoms with van der Waals surface area (Å²) in [6, 6.07) is 13.8. The molecule has 0 radical (unpaired) electrons. The van der Waals surface area contributed by atoms with Crippen molar-refractivity contribution < 1.29 is 13.2 Å². The Morgan fingerprint density at radius 3 is 2.09 bits per heavy atom. The van der Waals surface area contributed by atoms with Gasteiger partial charge in [-0.3, -0.25) is 4.79 Å². The molecule has 2 rings (SSSR count). The zero-order chi connectivity index (χ0) is 16.2. The first kappa shape index (κ1) is 16.5. The highest BCUT2D eigenvalue weighted by atomic mass is 35.5. The molecule has 0 unspecified atom stereocenters. The van der Waals surface area contributed by atoms with Crippen LogP contribution in [0.2, 0.25) is 5.02 Å². The van der Waals surface area contributed by atoms with Crippen LogP contribution in [0.5, 0.6) is 0 Å². The molecule has 0 saturated heterocycles. The van der Waals surface area contributed by atoms with Crippen LogP contribution in [0.1, 0.15) is 21.5 Å². The molecule has 0 atom stereocenters. The summed E-state index contributed by atoms with van der Waals surface area (Å²) in [5.74, 6) is -0.236. The average Bonchev–Trinajstić information content (AvgIpc) is 2.45.